The van der Waals surface area contributed by atoms with Crippen molar-refractivity contribution in [1.82, 2.24) is 38.7 Å². The fraction of sp³-hybridized carbons (Fsp3) is 0.263. The minimum atomic E-state index is -1.13. The van der Waals surface area contributed by atoms with Gasteiger partial charge in [-0.15, -0.1) is 0 Å². The van der Waals surface area contributed by atoms with Crippen molar-refractivity contribution >= 4 is 56.9 Å². The normalized spacial score (nSPS) is 11.7. The zero-order valence-electron chi connectivity index (χ0n) is 29.7. The summed E-state index contributed by atoms with van der Waals surface area (Å²) < 4.78 is 6.70. The summed E-state index contributed by atoms with van der Waals surface area (Å²) in [6.45, 7) is 10.0. The maximum atomic E-state index is 12.8. The lowest BCUT2D eigenvalue weighted by atomic mass is 10.1. The van der Waals surface area contributed by atoms with E-state index in [1.807, 2.05) is 61.9 Å². The third-order valence-electron chi connectivity index (χ3n) is 8.82. The van der Waals surface area contributed by atoms with Crippen molar-refractivity contribution < 1.29 is 5.11 Å². The van der Waals surface area contributed by atoms with Crippen LogP contribution >= 0.6 is 34.8 Å². The van der Waals surface area contributed by atoms with Gasteiger partial charge in [-0.05, 0) is 82.1 Å². The number of fused-ring (bicyclic) bond motifs is 2. The minimum Gasteiger partial charge on any atom is -0.382 e. The fourth-order valence-corrected chi connectivity index (χ4v) is 6.45. The number of aliphatic hydroxyl groups is 1. The Bertz CT molecular complexity index is 2610. The number of nitrogens with zero attached hydrogens (tertiary/aromatic N) is 8. The molecule has 52 heavy (non-hydrogen) atoms. The number of halogens is 3. The molecular weight excluding hydrogens is 723 g/mol. The Kier molecular flexibility index (Phi) is 10.2. The molecule has 0 fully saturated rings. The van der Waals surface area contributed by atoms with Crippen LogP contribution in [0.4, 0.5) is 0 Å². The first-order valence-electron chi connectivity index (χ1n) is 16.4. The Morgan fingerprint density at radius 3 is 1.69 bits per heavy atom. The largest absolute Gasteiger partial charge is 0.382 e. The lowest BCUT2D eigenvalue weighted by Crippen LogP contribution is -2.20. The lowest BCUT2D eigenvalue weighted by molar-refractivity contribution is 0.0685. The number of rotatable bonds is 6. The molecule has 0 saturated heterocycles. The molecule has 14 heteroatoms. The Labute approximate surface area is 314 Å². The SMILES string of the molecule is Cc1ccc(Cl)c(Cn2c3nc(-c4cnc(C(C)(C)O)nc4C)ccc3c(=O)n2C)c1.Cc1ccc(Cl)c(Cn2c3nc(Cl)ccc3c(=O)n2C)c1. The average molecular weight is 760 g/mol. The predicted octanol–water partition coefficient (Wildman–Crippen LogP) is 7.14. The van der Waals surface area contributed by atoms with Crippen molar-refractivity contribution in [3.8, 4) is 11.3 Å². The van der Waals surface area contributed by atoms with Gasteiger partial charge in [0.2, 0.25) is 0 Å². The van der Waals surface area contributed by atoms with Gasteiger partial charge in [-0.2, -0.15) is 0 Å². The van der Waals surface area contributed by atoms with E-state index in [2.05, 4.69) is 15.0 Å². The number of aryl methyl sites for hydroxylation is 3. The van der Waals surface area contributed by atoms with Gasteiger partial charge >= 0.3 is 0 Å². The molecule has 5 heterocycles. The van der Waals surface area contributed by atoms with E-state index in [0.29, 0.717) is 67.6 Å². The van der Waals surface area contributed by atoms with Crippen LogP contribution in [0.1, 0.15) is 47.6 Å². The molecule has 1 N–H and O–H groups in total. The summed E-state index contributed by atoms with van der Waals surface area (Å²) in [5, 5.41) is 12.9. The number of aromatic nitrogens is 8. The third kappa shape index (κ3) is 7.27. The molecule has 0 saturated carbocycles. The van der Waals surface area contributed by atoms with Crippen LogP contribution in [0.15, 0.2) is 76.4 Å². The first-order valence-corrected chi connectivity index (χ1v) is 17.5. The maximum Gasteiger partial charge on any atom is 0.275 e. The molecule has 0 unspecified atom stereocenters. The number of hydrogen-bond acceptors (Lipinski definition) is 7. The quantitative estimate of drug-likeness (QED) is 0.179. The monoisotopic (exact) mass is 758 g/mol. The number of benzene rings is 2. The third-order valence-corrected chi connectivity index (χ3v) is 9.77. The molecule has 0 radical (unpaired) electrons. The van der Waals surface area contributed by atoms with Crippen LogP contribution in [0.25, 0.3) is 33.3 Å². The van der Waals surface area contributed by atoms with Crippen molar-refractivity contribution in [2.24, 2.45) is 14.1 Å². The Morgan fingerprint density at radius 1 is 0.692 bits per heavy atom. The second kappa shape index (κ2) is 14.3. The first-order chi connectivity index (χ1) is 24.5. The van der Waals surface area contributed by atoms with Gasteiger partial charge < -0.3 is 5.11 Å². The summed E-state index contributed by atoms with van der Waals surface area (Å²) >= 11 is 18.6. The number of pyridine rings is 2. The molecule has 7 aromatic rings. The van der Waals surface area contributed by atoms with Crippen LogP contribution in [0.5, 0.6) is 0 Å². The topological polar surface area (TPSA) is 126 Å². The highest BCUT2D eigenvalue weighted by atomic mass is 35.5. The zero-order valence-corrected chi connectivity index (χ0v) is 32.0. The molecule has 0 amide bonds. The van der Waals surface area contributed by atoms with Crippen LogP contribution in [0.3, 0.4) is 0 Å². The Balaban J connectivity index is 0.000000192. The molecule has 268 valence electrons. The summed E-state index contributed by atoms with van der Waals surface area (Å²) in [4.78, 5) is 42.8. The van der Waals surface area contributed by atoms with E-state index in [1.54, 1.807) is 67.8 Å². The van der Waals surface area contributed by atoms with Crippen molar-refractivity contribution in [3.05, 3.63) is 137 Å². The summed E-state index contributed by atoms with van der Waals surface area (Å²) in [6.07, 6.45) is 1.66. The van der Waals surface area contributed by atoms with Crippen molar-refractivity contribution in [3.63, 3.8) is 0 Å². The van der Waals surface area contributed by atoms with E-state index in [9.17, 15) is 14.7 Å². The molecule has 0 bridgehead atoms. The second-order valence-corrected chi connectivity index (χ2v) is 14.5. The van der Waals surface area contributed by atoms with Gasteiger partial charge in [0, 0.05) is 35.9 Å². The summed E-state index contributed by atoms with van der Waals surface area (Å²) in [5.74, 6) is 0.348. The second-order valence-electron chi connectivity index (χ2n) is 13.3. The molecule has 11 nitrogen and oxygen atoms in total. The molecule has 0 aliphatic carbocycles. The smallest absolute Gasteiger partial charge is 0.275 e. The molecule has 5 aromatic heterocycles. The van der Waals surface area contributed by atoms with Gasteiger partial charge in [0.1, 0.15) is 10.8 Å². The minimum absolute atomic E-state index is 0.0991. The summed E-state index contributed by atoms with van der Waals surface area (Å²) in [6, 6.07) is 18.5. The average Bonchev–Trinajstić information content (AvgIpc) is 3.47. The highest BCUT2D eigenvalue weighted by Gasteiger charge is 2.22. The van der Waals surface area contributed by atoms with Crippen LogP contribution in [-0.4, -0.2) is 43.8 Å². The standard InChI is InChI=1S/C23H24ClN5O2.C15H13Cl2N3O/c1-13-6-8-18(24)15(10-13)12-29-20-16(21(30)28(29)5)7-9-19(27-20)17-11-25-22(23(3,4)31)26-14(17)2;1-9-3-5-12(16)10(7-9)8-20-14-11(15(21)19(20)2)4-6-13(17)18-14/h6-11,31H,12H2,1-5H3;3-7H,8H2,1-2H3. The van der Waals surface area contributed by atoms with E-state index in [4.69, 9.17) is 39.8 Å². The molecular formula is C38H37Cl3N8O3. The van der Waals surface area contributed by atoms with Crippen LogP contribution in [-0.2, 0) is 32.8 Å². The van der Waals surface area contributed by atoms with Crippen LogP contribution < -0.4 is 11.1 Å². The molecule has 0 spiro atoms. The first kappa shape index (κ1) is 37.0. The van der Waals surface area contributed by atoms with Gasteiger partial charge in [-0.3, -0.25) is 28.3 Å². The van der Waals surface area contributed by atoms with Crippen molar-refractivity contribution in [1.29, 1.82) is 0 Å². The molecule has 0 aliphatic rings. The molecule has 0 aliphatic heterocycles. The highest BCUT2D eigenvalue weighted by Crippen LogP contribution is 2.26. The van der Waals surface area contributed by atoms with Crippen molar-refractivity contribution in [2.75, 3.05) is 0 Å². The van der Waals surface area contributed by atoms with E-state index in [1.165, 1.54) is 4.68 Å². The summed E-state index contributed by atoms with van der Waals surface area (Å²) in [7, 11) is 3.43. The highest BCUT2D eigenvalue weighted by molar-refractivity contribution is 6.31. The van der Waals surface area contributed by atoms with E-state index >= 15 is 0 Å². The van der Waals surface area contributed by atoms with Gasteiger partial charge in [-0.25, -0.2) is 19.9 Å². The molecule has 2 aromatic carbocycles. The van der Waals surface area contributed by atoms with E-state index in [-0.39, 0.29) is 11.1 Å². The van der Waals surface area contributed by atoms with E-state index < -0.39 is 5.60 Å². The zero-order chi connectivity index (χ0) is 37.6. The number of hydrogen-bond donors (Lipinski definition) is 1. The molecule has 0 atom stereocenters. The van der Waals surface area contributed by atoms with Crippen LogP contribution in [0, 0.1) is 20.8 Å². The van der Waals surface area contributed by atoms with E-state index in [0.717, 1.165) is 27.8 Å². The van der Waals surface area contributed by atoms with Gasteiger partial charge in [0.25, 0.3) is 11.1 Å². The summed E-state index contributed by atoms with van der Waals surface area (Å²) in [5.41, 5.74) is 5.92. The molecule has 7 rings (SSSR count). The fourth-order valence-electron chi connectivity index (χ4n) is 5.95. The Morgan fingerprint density at radius 2 is 1.19 bits per heavy atom. The maximum absolute atomic E-state index is 12.8. The van der Waals surface area contributed by atoms with Gasteiger partial charge in [0.15, 0.2) is 17.1 Å². The van der Waals surface area contributed by atoms with Crippen molar-refractivity contribution in [2.45, 2.75) is 53.3 Å². The Hall–Kier alpha value is -4.81. The van der Waals surface area contributed by atoms with Gasteiger partial charge in [-0.1, -0.05) is 70.2 Å². The van der Waals surface area contributed by atoms with Gasteiger partial charge in [0.05, 0.1) is 35.2 Å². The lowest BCUT2D eigenvalue weighted by Gasteiger charge is -2.16. The predicted molar refractivity (Wildman–Crippen MR) is 207 cm³/mol. The van der Waals surface area contributed by atoms with Crippen LogP contribution in [0.2, 0.25) is 15.2 Å².